The van der Waals surface area contributed by atoms with Crippen LogP contribution in [0.5, 0.6) is 0 Å². The Hall–Kier alpha value is -4.56. The second kappa shape index (κ2) is 9.96. The third-order valence-electron chi connectivity index (χ3n) is 5.82. The Balaban J connectivity index is 1.55. The summed E-state index contributed by atoms with van der Waals surface area (Å²) in [4.78, 5) is -0.615. The molecule has 5 rings (SSSR count). The first-order valence-corrected chi connectivity index (χ1v) is 14.1. The van der Waals surface area contributed by atoms with E-state index in [1.807, 2.05) is 24.3 Å². The molecule has 0 bridgehead atoms. The lowest BCUT2D eigenvalue weighted by Crippen LogP contribution is -2.01. The maximum Gasteiger partial charge on any atom is 0.295 e. The topological polar surface area (TPSA) is 184 Å². The fourth-order valence-electron chi connectivity index (χ4n) is 4.05. The number of hydrogen-bond donors (Lipinski definition) is 3. The molecule has 196 valence electrons. The molecule has 0 radical (unpaired) electrons. The maximum absolute atomic E-state index is 11.9. The molecule has 39 heavy (non-hydrogen) atoms. The van der Waals surface area contributed by atoms with Crippen LogP contribution in [0.25, 0.3) is 21.5 Å². The Kier molecular flexibility index (Phi) is 6.66. The van der Waals surface area contributed by atoms with Crippen LogP contribution in [0.3, 0.4) is 0 Å². The molecule has 0 heterocycles. The van der Waals surface area contributed by atoms with Crippen LogP contribution in [-0.4, -0.2) is 25.9 Å². The summed E-state index contributed by atoms with van der Waals surface area (Å²) in [7, 11) is -8.90. The number of hydrogen-bond acceptors (Lipinski definition) is 9. The Labute approximate surface area is 222 Å². The second-order valence-electron chi connectivity index (χ2n) is 8.35. The monoisotopic (exact) mass is 561 g/mol. The van der Waals surface area contributed by atoms with Crippen molar-refractivity contribution < 1.29 is 25.9 Å². The molecule has 0 fully saturated rings. The minimum Gasteiger partial charge on any atom is -0.398 e. The predicted octanol–water partition coefficient (Wildman–Crippen LogP) is 6.90. The molecule has 0 aliphatic carbocycles. The molecule has 11 nitrogen and oxygen atoms in total. The fraction of sp³-hybridized carbons (Fsp3) is 0. The molecular weight excluding hydrogens is 542 g/mol. The first kappa shape index (κ1) is 26.1. The van der Waals surface area contributed by atoms with Crippen molar-refractivity contribution in [3.63, 3.8) is 0 Å². The Morgan fingerprint density at radius 2 is 1.10 bits per heavy atom. The van der Waals surface area contributed by atoms with Crippen molar-refractivity contribution >= 4 is 70.2 Å². The van der Waals surface area contributed by atoms with E-state index in [9.17, 15) is 25.9 Å². The number of azo groups is 2. The molecule has 0 unspecified atom stereocenters. The summed E-state index contributed by atoms with van der Waals surface area (Å²) < 4.78 is 65.4. The second-order valence-corrected chi connectivity index (χ2v) is 11.2. The van der Waals surface area contributed by atoms with Crippen molar-refractivity contribution in [1.29, 1.82) is 0 Å². The van der Waals surface area contributed by atoms with Gasteiger partial charge in [0.05, 0.1) is 27.6 Å². The standard InChI is InChI=1S/C26H19N5O6S2/c27-21-11-12-24(20-9-4-10-25(26(20)21)39(35,36)37)31-30-23-14-13-22(18-7-1-2-8-19(18)23)29-28-16-5-3-6-17(15-16)38(32,33)34/h1-15H,27H2,(H,32,33,34)(H,35,36,37)/b29-28+,31-30+. The molecule has 5 aromatic carbocycles. The van der Waals surface area contributed by atoms with Gasteiger partial charge in [0.2, 0.25) is 0 Å². The SMILES string of the molecule is Nc1ccc(/N=N/c2ccc(/N=N/c3cccc(S(=O)(=O)O)c3)c3ccccc23)c2cccc(S(=O)(=O)O)c12. The van der Waals surface area contributed by atoms with E-state index >= 15 is 0 Å². The molecule has 5 aromatic rings. The van der Waals surface area contributed by atoms with Gasteiger partial charge < -0.3 is 5.73 Å². The highest BCUT2D eigenvalue weighted by Gasteiger charge is 2.17. The van der Waals surface area contributed by atoms with Crippen molar-refractivity contribution in [3.05, 3.63) is 91.0 Å². The van der Waals surface area contributed by atoms with Gasteiger partial charge >= 0.3 is 0 Å². The number of anilines is 1. The van der Waals surface area contributed by atoms with E-state index in [-0.39, 0.29) is 26.6 Å². The largest absolute Gasteiger partial charge is 0.398 e. The number of nitrogens with two attached hydrogens (primary N) is 1. The molecule has 0 saturated heterocycles. The van der Waals surface area contributed by atoms with E-state index < -0.39 is 20.2 Å². The smallest absolute Gasteiger partial charge is 0.295 e. The zero-order chi connectivity index (χ0) is 27.8. The van der Waals surface area contributed by atoms with Crippen LogP contribution in [0.4, 0.5) is 28.4 Å². The van der Waals surface area contributed by atoms with Gasteiger partial charge in [-0.1, -0.05) is 42.5 Å². The average Bonchev–Trinajstić information content (AvgIpc) is 2.91. The number of rotatable bonds is 6. The van der Waals surface area contributed by atoms with E-state index in [1.54, 1.807) is 30.3 Å². The van der Waals surface area contributed by atoms with Crippen LogP contribution >= 0.6 is 0 Å². The van der Waals surface area contributed by atoms with Crippen molar-refractivity contribution in [2.45, 2.75) is 9.79 Å². The number of fused-ring (bicyclic) bond motifs is 2. The maximum atomic E-state index is 11.9. The van der Waals surface area contributed by atoms with Gasteiger partial charge in [-0.05, 0) is 48.5 Å². The van der Waals surface area contributed by atoms with E-state index in [0.29, 0.717) is 33.2 Å². The average molecular weight is 562 g/mol. The number of nitrogen functional groups attached to an aromatic ring is 1. The van der Waals surface area contributed by atoms with Gasteiger partial charge in [0.25, 0.3) is 20.2 Å². The van der Waals surface area contributed by atoms with E-state index in [4.69, 9.17) is 5.73 Å². The molecule has 0 saturated carbocycles. The van der Waals surface area contributed by atoms with Crippen LogP contribution in [0.2, 0.25) is 0 Å². The highest BCUT2D eigenvalue weighted by Crippen LogP contribution is 2.38. The highest BCUT2D eigenvalue weighted by atomic mass is 32.2. The van der Waals surface area contributed by atoms with Gasteiger partial charge in [0, 0.05) is 27.2 Å². The Morgan fingerprint density at radius 3 is 1.72 bits per heavy atom. The zero-order valence-electron chi connectivity index (χ0n) is 19.9. The molecule has 4 N–H and O–H groups in total. The molecule has 0 aliphatic heterocycles. The fourth-order valence-corrected chi connectivity index (χ4v) is 5.31. The molecular formula is C26H19N5O6S2. The third-order valence-corrected chi connectivity index (χ3v) is 7.57. The van der Waals surface area contributed by atoms with Crippen LogP contribution < -0.4 is 5.73 Å². The molecule has 0 atom stereocenters. The minimum absolute atomic E-state index is 0.148. The summed E-state index contributed by atoms with van der Waals surface area (Å²) in [5.74, 6) is 0. The van der Waals surface area contributed by atoms with Gasteiger partial charge in [-0.25, -0.2) is 0 Å². The molecule has 0 aromatic heterocycles. The Bertz CT molecular complexity index is 2040. The summed E-state index contributed by atoms with van der Waals surface area (Å²) in [6.45, 7) is 0. The van der Waals surface area contributed by atoms with Crippen LogP contribution in [-0.2, 0) is 20.2 Å². The summed E-state index contributed by atoms with van der Waals surface area (Å²) in [6, 6.07) is 23.5. The molecule has 0 aliphatic rings. The summed E-state index contributed by atoms with van der Waals surface area (Å²) >= 11 is 0. The minimum atomic E-state index is -4.52. The first-order chi connectivity index (χ1) is 18.5. The molecule has 0 spiro atoms. The summed E-state index contributed by atoms with van der Waals surface area (Å²) in [5, 5.41) is 19.0. The van der Waals surface area contributed by atoms with Crippen LogP contribution in [0.1, 0.15) is 0 Å². The number of benzene rings is 5. The van der Waals surface area contributed by atoms with Gasteiger partial charge in [-0.15, -0.1) is 15.3 Å². The zero-order valence-corrected chi connectivity index (χ0v) is 21.5. The van der Waals surface area contributed by atoms with Crippen molar-refractivity contribution in [3.8, 4) is 0 Å². The third kappa shape index (κ3) is 5.37. The number of nitrogens with zero attached hydrogens (tertiary/aromatic N) is 4. The van der Waals surface area contributed by atoms with Crippen LogP contribution in [0, 0.1) is 0 Å². The van der Waals surface area contributed by atoms with E-state index in [2.05, 4.69) is 20.5 Å². The lowest BCUT2D eigenvalue weighted by molar-refractivity contribution is 0.481. The van der Waals surface area contributed by atoms with Crippen molar-refractivity contribution in [1.82, 2.24) is 0 Å². The van der Waals surface area contributed by atoms with Crippen molar-refractivity contribution in [2.24, 2.45) is 20.5 Å². The van der Waals surface area contributed by atoms with Crippen LogP contribution in [0.15, 0.2) is 121 Å². The van der Waals surface area contributed by atoms with Crippen molar-refractivity contribution in [2.75, 3.05) is 5.73 Å². The normalized spacial score (nSPS) is 12.7. The summed E-state index contributed by atoms with van der Waals surface area (Å²) in [6.07, 6.45) is 0. The highest BCUT2D eigenvalue weighted by molar-refractivity contribution is 7.86. The van der Waals surface area contributed by atoms with Gasteiger partial charge in [0.15, 0.2) is 0 Å². The van der Waals surface area contributed by atoms with E-state index in [1.165, 1.54) is 36.4 Å². The lowest BCUT2D eigenvalue weighted by Gasteiger charge is -2.09. The van der Waals surface area contributed by atoms with Gasteiger partial charge in [-0.2, -0.15) is 21.9 Å². The van der Waals surface area contributed by atoms with Gasteiger partial charge in [0.1, 0.15) is 4.90 Å². The first-order valence-electron chi connectivity index (χ1n) is 11.2. The molecule has 0 amide bonds. The molecule has 13 heteroatoms. The summed E-state index contributed by atoms with van der Waals surface area (Å²) in [5.41, 5.74) is 7.73. The quantitative estimate of drug-likeness (QED) is 0.114. The van der Waals surface area contributed by atoms with E-state index in [0.717, 1.165) is 0 Å². The lowest BCUT2D eigenvalue weighted by atomic mass is 10.1. The Morgan fingerprint density at radius 1 is 0.564 bits per heavy atom. The predicted molar refractivity (Wildman–Crippen MR) is 147 cm³/mol. The van der Waals surface area contributed by atoms with Gasteiger partial charge in [-0.3, -0.25) is 9.11 Å².